The van der Waals surface area contributed by atoms with Gasteiger partial charge in [0.05, 0.1) is 0 Å². The molecule has 0 heterocycles. The lowest BCUT2D eigenvalue weighted by atomic mass is 10.00. The largest absolute Gasteiger partial charge is 0.480 e. The molecule has 2 aliphatic rings. The molecule has 3 nitrogen and oxygen atoms in total. The van der Waals surface area contributed by atoms with Crippen LogP contribution in [0.5, 0.6) is 0 Å². The van der Waals surface area contributed by atoms with Crippen molar-refractivity contribution in [3.63, 3.8) is 0 Å². The molecule has 96 valence electrons. The van der Waals surface area contributed by atoms with Crippen molar-refractivity contribution in [1.29, 1.82) is 0 Å². The Hall–Kier alpha value is -1.35. The van der Waals surface area contributed by atoms with Crippen molar-refractivity contribution in [1.82, 2.24) is 4.90 Å². The first kappa shape index (κ1) is 11.7. The van der Waals surface area contributed by atoms with Gasteiger partial charge in [0.15, 0.2) is 0 Å². The molecule has 1 fully saturated rings. The molecule has 0 radical (unpaired) electrons. The number of aliphatic carboxylic acids is 1. The normalized spacial score (nSPS) is 19.9. The highest BCUT2D eigenvalue weighted by Crippen LogP contribution is 2.34. The SMILES string of the molecule is CN(C1CC1)C(C(=O)O)c1ccc2c(c1)CCC2. The van der Waals surface area contributed by atoms with E-state index < -0.39 is 12.0 Å². The van der Waals surface area contributed by atoms with E-state index in [0.29, 0.717) is 6.04 Å². The number of rotatable bonds is 4. The first-order chi connectivity index (χ1) is 8.66. The third-order valence-electron chi connectivity index (χ3n) is 4.20. The molecular formula is C15H19NO2. The second-order valence-electron chi connectivity index (χ2n) is 5.52. The average molecular weight is 245 g/mol. The zero-order valence-corrected chi connectivity index (χ0v) is 10.7. The second-order valence-corrected chi connectivity index (χ2v) is 5.52. The van der Waals surface area contributed by atoms with Gasteiger partial charge in [0.1, 0.15) is 6.04 Å². The fraction of sp³-hybridized carbons (Fsp3) is 0.533. The summed E-state index contributed by atoms with van der Waals surface area (Å²) in [5.74, 6) is -0.734. The van der Waals surface area contributed by atoms with Crippen LogP contribution in [0.1, 0.15) is 42.0 Å². The molecule has 1 aromatic carbocycles. The van der Waals surface area contributed by atoms with Crippen LogP contribution in [-0.4, -0.2) is 29.1 Å². The molecule has 3 heteroatoms. The highest BCUT2D eigenvalue weighted by Gasteiger charge is 2.35. The Morgan fingerprint density at radius 1 is 1.33 bits per heavy atom. The lowest BCUT2D eigenvalue weighted by Gasteiger charge is -2.25. The van der Waals surface area contributed by atoms with Gasteiger partial charge in [0.2, 0.25) is 0 Å². The molecular weight excluding hydrogens is 226 g/mol. The maximum atomic E-state index is 11.5. The van der Waals surface area contributed by atoms with Crippen LogP contribution in [0.4, 0.5) is 0 Å². The van der Waals surface area contributed by atoms with Crippen LogP contribution in [0.15, 0.2) is 18.2 Å². The Kier molecular flexibility index (Phi) is 2.86. The van der Waals surface area contributed by atoms with E-state index in [-0.39, 0.29) is 0 Å². The van der Waals surface area contributed by atoms with Gasteiger partial charge in [0, 0.05) is 6.04 Å². The molecule has 2 aliphatic carbocycles. The Bertz CT molecular complexity index is 479. The lowest BCUT2D eigenvalue weighted by molar-refractivity contribution is -0.143. The van der Waals surface area contributed by atoms with Crippen molar-refractivity contribution in [2.75, 3.05) is 7.05 Å². The van der Waals surface area contributed by atoms with E-state index in [2.05, 4.69) is 12.1 Å². The molecule has 0 aliphatic heterocycles. The molecule has 1 N–H and O–H groups in total. The number of carboxylic acid groups (broad SMARTS) is 1. The van der Waals surface area contributed by atoms with Gasteiger partial charge >= 0.3 is 5.97 Å². The van der Waals surface area contributed by atoms with E-state index >= 15 is 0 Å². The molecule has 1 atom stereocenters. The smallest absolute Gasteiger partial charge is 0.325 e. The number of aryl methyl sites for hydroxylation is 2. The predicted molar refractivity (Wildman–Crippen MR) is 69.6 cm³/mol. The summed E-state index contributed by atoms with van der Waals surface area (Å²) in [6, 6.07) is 6.21. The molecule has 0 aromatic heterocycles. The summed E-state index contributed by atoms with van der Waals surface area (Å²) in [6.45, 7) is 0. The maximum absolute atomic E-state index is 11.5. The highest BCUT2D eigenvalue weighted by atomic mass is 16.4. The molecule has 3 rings (SSSR count). The van der Waals surface area contributed by atoms with Crippen molar-refractivity contribution in [3.05, 3.63) is 34.9 Å². The molecule has 18 heavy (non-hydrogen) atoms. The van der Waals surface area contributed by atoms with Gasteiger partial charge in [-0.1, -0.05) is 18.2 Å². The van der Waals surface area contributed by atoms with Gasteiger partial charge < -0.3 is 5.11 Å². The number of nitrogens with zero attached hydrogens (tertiary/aromatic N) is 1. The molecule has 1 unspecified atom stereocenters. The third kappa shape index (κ3) is 2.03. The fourth-order valence-corrected chi connectivity index (χ4v) is 3.01. The zero-order chi connectivity index (χ0) is 12.7. The topological polar surface area (TPSA) is 40.5 Å². The monoisotopic (exact) mass is 245 g/mol. The van der Waals surface area contributed by atoms with Crippen LogP contribution in [-0.2, 0) is 17.6 Å². The number of fused-ring (bicyclic) bond motifs is 1. The quantitative estimate of drug-likeness (QED) is 0.885. The minimum Gasteiger partial charge on any atom is -0.480 e. The first-order valence-electron chi connectivity index (χ1n) is 6.73. The minimum atomic E-state index is -0.734. The van der Waals surface area contributed by atoms with Crippen LogP contribution in [0.3, 0.4) is 0 Å². The number of benzene rings is 1. The van der Waals surface area contributed by atoms with E-state index in [1.807, 2.05) is 18.0 Å². The van der Waals surface area contributed by atoms with Crippen molar-refractivity contribution in [3.8, 4) is 0 Å². The van der Waals surface area contributed by atoms with Gasteiger partial charge in [0.25, 0.3) is 0 Å². The van der Waals surface area contributed by atoms with Crippen molar-refractivity contribution in [2.24, 2.45) is 0 Å². The summed E-state index contributed by atoms with van der Waals surface area (Å²) < 4.78 is 0. The zero-order valence-electron chi connectivity index (χ0n) is 10.7. The van der Waals surface area contributed by atoms with Gasteiger partial charge in [-0.3, -0.25) is 9.69 Å². The Balaban J connectivity index is 1.92. The average Bonchev–Trinajstić information content (AvgIpc) is 3.08. The van der Waals surface area contributed by atoms with Crippen molar-refractivity contribution < 1.29 is 9.90 Å². The first-order valence-corrected chi connectivity index (χ1v) is 6.73. The summed E-state index contributed by atoms with van der Waals surface area (Å²) in [7, 11) is 1.93. The second kappa shape index (κ2) is 4.39. The minimum absolute atomic E-state index is 0.458. The van der Waals surface area contributed by atoms with Crippen molar-refractivity contribution >= 4 is 5.97 Å². The molecule has 0 bridgehead atoms. The predicted octanol–water partition coefficient (Wildman–Crippen LogP) is 2.40. The van der Waals surface area contributed by atoms with Crippen LogP contribution in [0, 0.1) is 0 Å². The Morgan fingerprint density at radius 3 is 2.72 bits per heavy atom. The number of carbonyl (C=O) groups is 1. The molecule has 0 amide bonds. The number of likely N-dealkylation sites (N-methyl/N-ethyl adjacent to an activating group) is 1. The van der Waals surface area contributed by atoms with Gasteiger partial charge in [-0.15, -0.1) is 0 Å². The highest BCUT2D eigenvalue weighted by molar-refractivity contribution is 5.75. The van der Waals surface area contributed by atoms with Gasteiger partial charge in [-0.05, 0) is 55.8 Å². The van der Waals surface area contributed by atoms with E-state index in [4.69, 9.17) is 0 Å². The van der Waals surface area contributed by atoms with Crippen molar-refractivity contribution in [2.45, 2.75) is 44.2 Å². The molecule has 0 spiro atoms. The Morgan fingerprint density at radius 2 is 2.06 bits per heavy atom. The molecule has 0 saturated heterocycles. The van der Waals surface area contributed by atoms with Gasteiger partial charge in [-0.25, -0.2) is 0 Å². The van der Waals surface area contributed by atoms with E-state index in [1.54, 1.807) is 0 Å². The summed E-state index contributed by atoms with van der Waals surface area (Å²) in [6.07, 6.45) is 5.71. The van der Waals surface area contributed by atoms with Crippen LogP contribution >= 0.6 is 0 Å². The summed E-state index contributed by atoms with van der Waals surface area (Å²) in [5, 5.41) is 9.48. The number of hydrogen-bond donors (Lipinski definition) is 1. The Labute approximate surface area is 107 Å². The lowest BCUT2D eigenvalue weighted by Crippen LogP contribution is -2.32. The van der Waals surface area contributed by atoms with Crippen LogP contribution < -0.4 is 0 Å². The number of carboxylic acids is 1. The van der Waals surface area contributed by atoms with E-state index in [9.17, 15) is 9.90 Å². The standard InChI is InChI=1S/C15H19NO2/c1-16(13-7-8-13)14(15(17)18)12-6-5-10-3-2-4-11(10)9-12/h5-6,9,13-14H,2-4,7-8H2,1H3,(H,17,18). The van der Waals surface area contributed by atoms with E-state index in [0.717, 1.165) is 31.2 Å². The fourth-order valence-electron chi connectivity index (χ4n) is 3.01. The van der Waals surface area contributed by atoms with Crippen LogP contribution in [0.2, 0.25) is 0 Å². The van der Waals surface area contributed by atoms with E-state index in [1.165, 1.54) is 17.5 Å². The maximum Gasteiger partial charge on any atom is 0.325 e. The number of hydrogen-bond acceptors (Lipinski definition) is 2. The summed E-state index contributed by atoms with van der Waals surface area (Å²) >= 11 is 0. The van der Waals surface area contributed by atoms with Gasteiger partial charge in [-0.2, -0.15) is 0 Å². The third-order valence-corrected chi connectivity index (χ3v) is 4.20. The molecule has 1 aromatic rings. The molecule has 1 saturated carbocycles. The summed E-state index contributed by atoms with van der Waals surface area (Å²) in [4.78, 5) is 13.5. The van der Waals surface area contributed by atoms with Crippen LogP contribution in [0.25, 0.3) is 0 Å². The summed E-state index contributed by atoms with van der Waals surface area (Å²) in [5.41, 5.74) is 3.69.